The number of aliphatic hydroxyl groups is 1. The first-order valence-electron chi connectivity index (χ1n) is 11.9. The Balaban J connectivity index is 1.26. The Labute approximate surface area is 214 Å². The zero-order valence-electron chi connectivity index (χ0n) is 20.1. The summed E-state index contributed by atoms with van der Waals surface area (Å²) in [6.45, 7) is 5.12. The van der Waals surface area contributed by atoms with E-state index in [0.717, 1.165) is 43.2 Å². The molecule has 3 aromatic rings. The average molecular weight is 507 g/mol. The van der Waals surface area contributed by atoms with Crippen LogP contribution >= 0.6 is 11.3 Å². The first kappa shape index (κ1) is 25.5. The van der Waals surface area contributed by atoms with Crippen molar-refractivity contribution in [3.05, 3.63) is 52.8 Å². The molecule has 5 N–H and O–H groups in total. The fourth-order valence-electron chi connectivity index (χ4n) is 4.06. The van der Waals surface area contributed by atoms with Crippen LogP contribution in [-0.4, -0.2) is 63.1 Å². The average Bonchev–Trinajstić information content (AvgIpc) is 3.35. The van der Waals surface area contributed by atoms with Gasteiger partial charge in [-0.05, 0) is 57.0 Å². The van der Waals surface area contributed by atoms with E-state index in [-0.39, 0.29) is 35.2 Å². The number of nitrogens with zero attached hydrogens (tertiary/aromatic N) is 5. The lowest BCUT2D eigenvalue weighted by atomic mass is 9.96. The van der Waals surface area contributed by atoms with Crippen LogP contribution in [0.2, 0.25) is 0 Å². The molecule has 1 atom stereocenters. The number of hydrogen-bond acceptors (Lipinski definition) is 10. The van der Waals surface area contributed by atoms with E-state index >= 15 is 0 Å². The van der Waals surface area contributed by atoms with Gasteiger partial charge in [0.1, 0.15) is 28.2 Å². The summed E-state index contributed by atoms with van der Waals surface area (Å²) in [5.74, 6) is 0.242. The van der Waals surface area contributed by atoms with E-state index < -0.39 is 6.10 Å². The van der Waals surface area contributed by atoms with Crippen LogP contribution in [0.4, 0.5) is 11.5 Å². The van der Waals surface area contributed by atoms with Crippen LogP contribution in [0.5, 0.6) is 0 Å². The molecule has 1 fully saturated rings. The van der Waals surface area contributed by atoms with Gasteiger partial charge in [-0.2, -0.15) is 5.26 Å². The van der Waals surface area contributed by atoms with Crippen molar-refractivity contribution in [3.63, 3.8) is 0 Å². The number of nitrogen functional groups attached to an aromatic ring is 1. The maximum absolute atomic E-state index is 12.7. The van der Waals surface area contributed by atoms with Gasteiger partial charge >= 0.3 is 0 Å². The van der Waals surface area contributed by atoms with Gasteiger partial charge in [-0.15, -0.1) is 11.3 Å². The highest BCUT2D eigenvalue weighted by atomic mass is 32.1. The molecule has 0 aliphatic carbocycles. The molecule has 0 saturated carbocycles. The number of amides is 1. The van der Waals surface area contributed by atoms with E-state index in [1.54, 1.807) is 24.5 Å². The number of hydrogen-bond donors (Lipinski definition) is 4. The van der Waals surface area contributed by atoms with Gasteiger partial charge < -0.3 is 21.5 Å². The fraction of sp³-hybridized carbons (Fsp3) is 0.400. The first-order chi connectivity index (χ1) is 17.4. The number of nitrogens with two attached hydrogens (primary N) is 1. The first-order valence-corrected chi connectivity index (χ1v) is 12.7. The molecule has 4 heterocycles. The molecule has 36 heavy (non-hydrogen) atoms. The van der Waals surface area contributed by atoms with E-state index in [9.17, 15) is 15.2 Å². The molecule has 0 unspecified atom stereocenters. The highest BCUT2D eigenvalue weighted by Gasteiger charge is 2.22. The lowest BCUT2D eigenvalue weighted by molar-refractivity contribution is 0.0930. The van der Waals surface area contributed by atoms with Crippen LogP contribution in [0, 0.1) is 17.2 Å². The molecule has 0 spiro atoms. The largest absolute Gasteiger partial charge is 0.397 e. The Bertz CT molecular complexity index is 1220. The Morgan fingerprint density at radius 3 is 2.86 bits per heavy atom. The number of nitrogens with one attached hydrogen (secondary N) is 2. The fourth-order valence-corrected chi connectivity index (χ4v) is 4.99. The minimum Gasteiger partial charge on any atom is -0.397 e. The highest BCUT2D eigenvalue weighted by molar-refractivity contribution is 7.14. The predicted octanol–water partition coefficient (Wildman–Crippen LogP) is 2.49. The zero-order valence-corrected chi connectivity index (χ0v) is 21.0. The molecule has 10 nitrogen and oxygen atoms in total. The molecule has 1 aliphatic rings. The molecular weight excluding hydrogens is 476 g/mol. The van der Waals surface area contributed by atoms with Crippen LogP contribution in [0.1, 0.15) is 40.7 Å². The van der Waals surface area contributed by atoms with Crippen molar-refractivity contribution in [2.75, 3.05) is 37.2 Å². The third-order valence-electron chi connectivity index (χ3n) is 6.03. The summed E-state index contributed by atoms with van der Waals surface area (Å²) in [4.78, 5) is 29.5. The topological polar surface area (TPSA) is 153 Å². The minimum atomic E-state index is -0.637. The van der Waals surface area contributed by atoms with Crippen LogP contribution in [0.25, 0.3) is 10.7 Å². The minimum absolute atomic E-state index is 0.144. The number of piperidine rings is 1. The van der Waals surface area contributed by atoms with Gasteiger partial charge in [-0.3, -0.25) is 14.7 Å². The number of carbonyl (C=O) groups is 1. The lowest BCUT2D eigenvalue weighted by Gasteiger charge is -2.31. The van der Waals surface area contributed by atoms with Crippen molar-refractivity contribution >= 4 is 28.7 Å². The molecule has 0 aromatic carbocycles. The van der Waals surface area contributed by atoms with Gasteiger partial charge in [-0.1, -0.05) is 6.07 Å². The maximum Gasteiger partial charge on any atom is 0.270 e. The van der Waals surface area contributed by atoms with E-state index in [0.29, 0.717) is 12.5 Å². The van der Waals surface area contributed by atoms with E-state index in [1.165, 1.54) is 10.9 Å². The van der Waals surface area contributed by atoms with Gasteiger partial charge in [0.25, 0.3) is 5.91 Å². The predicted molar refractivity (Wildman–Crippen MR) is 139 cm³/mol. The van der Waals surface area contributed by atoms with E-state index in [4.69, 9.17) is 5.73 Å². The standard InChI is InChI=1S/C25H30N8O2S/c1-16(34)12-29-23-19(11-26)20(27)10-22(32-23)24(35)30-13-17-5-8-33(9-6-17)15-18-14-31-25(36-18)21-4-2-3-7-28-21/h2-4,7,10,14,16-17,34H,5-6,8-9,12-13,15H2,1H3,(H,30,35)(H3,27,29,32)/t16-/m1/s1. The molecule has 3 aromatic heterocycles. The second-order valence-electron chi connectivity index (χ2n) is 8.94. The lowest BCUT2D eigenvalue weighted by Crippen LogP contribution is -2.38. The summed E-state index contributed by atoms with van der Waals surface area (Å²) in [7, 11) is 0. The van der Waals surface area contributed by atoms with Crippen LogP contribution in [-0.2, 0) is 6.54 Å². The van der Waals surface area contributed by atoms with Crippen molar-refractivity contribution in [2.24, 2.45) is 5.92 Å². The molecule has 188 valence electrons. The van der Waals surface area contributed by atoms with Gasteiger partial charge in [-0.25, -0.2) is 9.97 Å². The van der Waals surface area contributed by atoms with Crippen molar-refractivity contribution in [1.29, 1.82) is 5.26 Å². The van der Waals surface area contributed by atoms with Crippen LogP contribution in [0.3, 0.4) is 0 Å². The molecular formula is C25H30N8O2S. The summed E-state index contributed by atoms with van der Waals surface area (Å²) in [6, 6.07) is 9.24. The summed E-state index contributed by atoms with van der Waals surface area (Å²) in [5.41, 5.74) is 7.35. The van der Waals surface area contributed by atoms with Crippen molar-refractivity contribution < 1.29 is 9.90 Å². The summed E-state index contributed by atoms with van der Waals surface area (Å²) in [5, 5.41) is 25.6. The number of nitriles is 1. The Kier molecular flexibility index (Phi) is 8.43. The molecule has 1 saturated heterocycles. The smallest absolute Gasteiger partial charge is 0.270 e. The highest BCUT2D eigenvalue weighted by Crippen LogP contribution is 2.26. The summed E-state index contributed by atoms with van der Waals surface area (Å²) >= 11 is 1.67. The van der Waals surface area contributed by atoms with Crippen molar-refractivity contribution in [3.8, 4) is 16.8 Å². The zero-order chi connectivity index (χ0) is 25.5. The number of carbonyl (C=O) groups excluding carboxylic acids is 1. The van der Waals surface area contributed by atoms with Gasteiger partial charge in [0.15, 0.2) is 0 Å². The third-order valence-corrected chi connectivity index (χ3v) is 7.04. The molecule has 11 heteroatoms. The van der Waals surface area contributed by atoms with Crippen molar-refractivity contribution in [1.82, 2.24) is 25.2 Å². The third kappa shape index (κ3) is 6.54. The Hall–Kier alpha value is -3.59. The number of aliphatic hydroxyl groups excluding tert-OH is 1. The molecule has 0 bridgehead atoms. The summed E-state index contributed by atoms with van der Waals surface area (Å²) in [6.07, 6.45) is 5.04. The quantitative estimate of drug-likeness (QED) is 0.343. The second-order valence-corrected chi connectivity index (χ2v) is 10.1. The molecule has 1 aliphatic heterocycles. The van der Waals surface area contributed by atoms with Gasteiger partial charge in [0.2, 0.25) is 0 Å². The number of likely N-dealkylation sites (tertiary alicyclic amines) is 1. The van der Waals surface area contributed by atoms with E-state index in [2.05, 4.69) is 30.5 Å². The number of aromatic nitrogens is 3. The van der Waals surface area contributed by atoms with Crippen molar-refractivity contribution in [2.45, 2.75) is 32.4 Å². The molecule has 4 rings (SSSR count). The SMILES string of the molecule is C[C@@H](O)CNc1nc(C(=O)NCC2CCN(Cc3cnc(-c4ccccn4)s3)CC2)cc(N)c1C#N. The summed E-state index contributed by atoms with van der Waals surface area (Å²) < 4.78 is 0. The maximum atomic E-state index is 12.7. The van der Waals surface area contributed by atoms with Crippen LogP contribution < -0.4 is 16.4 Å². The molecule has 1 amide bonds. The van der Waals surface area contributed by atoms with Gasteiger partial charge in [0, 0.05) is 36.9 Å². The normalized spacial score (nSPS) is 15.2. The van der Waals surface area contributed by atoms with Crippen LogP contribution in [0.15, 0.2) is 36.7 Å². The number of thiazole rings is 1. The van der Waals surface area contributed by atoms with E-state index in [1.807, 2.05) is 30.5 Å². The second kappa shape index (κ2) is 11.9. The Morgan fingerprint density at radius 1 is 1.36 bits per heavy atom. The Morgan fingerprint density at radius 2 is 2.17 bits per heavy atom. The van der Waals surface area contributed by atoms with Gasteiger partial charge in [0.05, 0.1) is 17.5 Å². The number of rotatable bonds is 9. The monoisotopic (exact) mass is 506 g/mol. The number of anilines is 2. The molecule has 0 radical (unpaired) electrons. The number of pyridine rings is 2.